The highest BCUT2D eigenvalue weighted by molar-refractivity contribution is 6.03. The van der Waals surface area contributed by atoms with Gasteiger partial charge in [-0.15, -0.1) is 0 Å². The zero-order chi connectivity index (χ0) is 29.5. The van der Waals surface area contributed by atoms with Crippen molar-refractivity contribution >= 4 is 5.71 Å². The van der Waals surface area contributed by atoms with E-state index in [1.807, 2.05) is 44.4 Å². The van der Waals surface area contributed by atoms with Crippen molar-refractivity contribution in [1.29, 1.82) is 5.26 Å². The molecule has 0 amide bonds. The third-order valence-corrected chi connectivity index (χ3v) is 6.89. The molecule has 0 bridgehead atoms. The molecular weight excluding hydrogens is 476 g/mol. The van der Waals surface area contributed by atoms with E-state index in [0.29, 0.717) is 0 Å². The number of nitrogens with one attached hydrogen (secondary N) is 1. The summed E-state index contributed by atoms with van der Waals surface area (Å²) in [5.74, 6) is 0.730. The summed E-state index contributed by atoms with van der Waals surface area (Å²) < 4.78 is 0. The minimum Gasteiger partial charge on any atom is -0.372 e. The molecular formula is C35H58N4. The Morgan fingerprint density at radius 1 is 1.03 bits per heavy atom. The van der Waals surface area contributed by atoms with Crippen molar-refractivity contribution in [2.75, 3.05) is 26.2 Å². The summed E-state index contributed by atoms with van der Waals surface area (Å²) in [6.07, 6.45) is 22.5. The van der Waals surface area contributed by atoms with E-state index in [9.17, 15) is 0 Å². The Bertz CT molecular complexity index is 924. The molecule has 4 heteroatoms. The molecule has 0 radical (unpaired) electrons. The molecule has 1 heterocycles. The zero-order valence-corrected chi connectivity index (χ0v) is 26.7. The molecule has 1 aliphatic heterocycles. The maximum Gasteiger partial charge on any atom is 0.0991 e. The molecule has 0 aromatic carbocycles. The van der Waals surface area contributed by atoms with Gasteiger partial charge in [-0.25, -0.2) is 0 Å². The first-order chi connectivity index (χ1) is 18.9. The molecule has 1 N–H and O–H groups in total. The van der Waals surface area contributed by atoms with E-state index >= 15 is 0 Å². The zero-order valence-electron chi connectivity index (χ0n) is 26.7. The van der Waals surface area contributed by atoms with E-state index < -0.39 is 0 Å². The maximum atomic E-state index is 8.85. The normalized spacial score (nSPS) is 18.1. The van der Waals surface area contributed by atoms with Crippen LogP contribution < -0.4 is 5.32 Å². The van der Waals surface area contributed by atoms with Gasteiger partial charge in [0.05, 0.1) is 11.6 Å². The van der Waals surface area contributed by atoms with Crippen LogP contribution in [0.5, 0.6) is 0 Å². The van der Waals surface area contributed by atoms with Crippen LogP contribution in [0.1, 0.15) is 107 Å². The summed E-state index contributed by atoms with van der Waals surface area (Å²) in [6.45, 7) is 23.4. The Morgan fingerprint density at radius 3 is 2.15 bits per heavy atom. The molecule has 1 aliphatic carbocycles. The number of allylic oxidation sites excluding steroid dienone is 11. The molecule has 1 saturated heterocycles. The van der Waals surface area contributed by atoms with Crippen LogP contribution in [0.4, 0.5) is 0 Å². The number of nitriles is 1. The summed E-state index contributed by atoms with van der Waals surface area (Å²) in [5, 5.41) is 12.3. The lowest BCUT2D eigenvalue weighted by Crippen LogP contribution is -2.43. The van der Waals surface area contributed by atoms with E-state index in [4.69, 9.17) is 10.3 Å². The van der Waals surface area contributed by atoms with E-state index in [1.165, 1.54) is 41.7 Å². The largest absolute Gasteiger partial charge is 0.372 e. The van der Waals surface area contributed by atoms with Crippen LogP contribution in [0.25, 0.3) is 0 Å². The SMILES string of the molecule is CC.CC/C=C/C=C(C#N)\C=C(/C)CCC.C\C=C(C(/C(C)=N/C=C/CC)=C(/C)N1CCNCC1)\C1CCC1. The predicted molar refractivity (Wildman–Crippen MR) is 174 cm³/mol. The van der Waals surface area contributed by atoms with Crippen molar-refractivity contribution < 1.29 is 0 Å². The smallest absolute Gasteiger partial charge is 0.0991 e. The lowest BCUT2D eigenvalue weighted by atomic mass is 9.75. The van der Waals surface area contributed by atoms with E-state index in [0.717, 1.165) is 69.1 Å². The molecule has 1 saturated carbocycles. The maximum absolute atomic E-state index is 8.85. The second kappa shape index (κ2) is 23.3. The molecule has 4 nitrogen and oxygen atoms in total. The molecule has 0 aromatic heterocycles. The summed E-state index contributed by atoms with van der Waals surface area (Å²) in [7, 11) is 0. The van der Waals surface area contributed by atoms with Gasteiger partial charge in [-0.1, -0.05) is 77.3 Å². The number of hydrogen-bond acceptors (Lipinski definition) is 4. The average Bonchev–Trinajstić information content (AvgIpc) is 2.93. The predicted octanol–water partition coefficient (Wildman–Crippen LogP) is 9.47. The van der Waals surface area contributed by atoms with Crippen LogP contribution in [-0.4, -0.2) is 36.8 Å². The molecule has 218 valence electrons. The summed E-state index contributed by atoms with van der Waals surface area (Å²) in [6, 6.07) is 2.18. The van der Waals surface area contributed by atoms with Crippen molar-refractivity contribution in [3.63, 3.8) is 0 Å². The molecule has 0 aromatic rings. The van der Waals surface area contributed by atoms with E-state index in [-0.39, 0.29) is 0 Å². The number of aliphatic imine (C=N–C) groups is 1. The number of rotatable bonds is 11. The summed E-state index contributed by atoms with van der Waals surface area (Å²) in [4.78, 5) is 7.26. The minimum absolute atomic E-state index is 0.730. The van der Waals surface area contributed by atoms with Gasteiger partial charge in [0.25, 0.3) is 0 Å². The lowest BCUT2D eigenvalue weighted by molar-refractivity contribution is 0.297. The van der Waals surface area contributed by atoms with Crippen molar-refractivity contribution in [3.8, 4) is 6.07 Å². The van der Waals surface area contributed by atoms with Gasteiger partial charge in [-0.3, -0.25) is 4.99 Å². The third kappa shape index (κ3) is 14.4. The van der Waals surface area contributed by atoms with Crippen LogP contribution in [0.2, 0.25) is 0 Å². The first-order valence-electron chi connectivity index (χ1n) is 15.4. The molecule has 39 heavy (non-hydrogen) atoms. The van der Waals surface area contributed by atoms with Crippen molar-refractivity contribution in [2.24, 2.45) is 10.9 Å². The summed E-state index contributed by atoms with van der Waals surface area (Å²) in [5.41, 5.74) is 7.47. The second-order valence-electron chi connectivity index (χ2n) is 9.89. The number of nitrogens with zero attached hydrogens (tertiary/aromatic N) is 3. The average molecular weight is 535 g/mol. The Hall–Kier alpha value is -2.64. The highest BCUT2D eigenvalue weighted by Crippen LogP contribution is 2.38. The first-order valence-corrected chi connectivity index (χ1v) is 15.4. The van der Waals surface area contributed by atoms with Gasteiger partial charge < -0.3 is 10.2 Å². The Labute approximate surface area is 242 Å². The highest BCUT2D eigenvalue weighted by Gasteiger charge is 2.27. The Kier molecular flexibility index (Phi) is 21.7. The van der Waals surface area contributed by atoms with Crippen LogP contribution in [0.3, 0.4) is 0 Å². The van der Waals surface area contributed by atoms with E-state index in [2.05, 4.69) is 76.9 Å². The van der Waals surface area contributed by atoms with Crippen LogP contribution in [0.15, 0.2) is 75.6 Å². The van der Waals surface area contributed by atoms with Crippen molar-refractivity contribution in [1.82, 2.24) is 10.2 Å². The highest BCUT2D eigenvalue weighted by atomic mass is 15.2. The fourth-order valence-electron chi connectivity index (χ4n) is 4.63. The molecule has 0 spiro atoms. The van der Waals surface area contributed by atoms with Gasteiger partial charge in [-0.2, -0.15) is 5.26 Å². The van der Waals surface area contributed by atoms with Gasteiger partial charge in [0.15, 0.2) is 0 Å². The van der Waals surface area contributed by atoms with Crippen LogP contribution >= 0.6 is 0 Å². The Balaban J connectivity index is 0.000000778. The van der Waals surface area contributed by atoms with Gasteiger partial charge in [0, 0.05) is 49.4 Å². The minimum atomic E-state index is 0.730. The lowest BCUT2D eigenvalue weighted by Gasteiger charge is -2.35. The van der Waals surface area contributed by atoms with Crippen LogP contribution in [0, 0.1) is 17.2 Å². The monoisotopic (exact) mass is 534 g/mol. The van der Waals surface area contributed by atoms with Gasteiger partial charge in [0.1, 0.15) is 0 Å². The van der Waals surface area contributed by atoms with Gasteiger partial charge >= 0.3 is 0 Å². The topological polar surface area (TPSA) is 51.4 Å². The fraction of sp³-hybridized carbons (Fsp3) is 0.600. The molecule has 0 unspecified atom stereocenters. The van der Waals surface area contributed by atoms with Crippen LogP contribution in [-0.2, 0) is 0 Å². The first kappa shape index (κ1) is 36.4. The quantitative estimate of drug-likeness (QED) is 0.163. The molecule has 2 aliphatic rings. The molecule has 2 fully saturated rings. The Morgan fingerprint density at radius 2 is 1.67 bits per heavy atom. The van der Waals surface area contributed by atoms with Crippen molar-refractivity contribution in [3.05, 3.63) is 70.6 Å². The van der Waals surface area contributed by atoms with Crippen molar-refractivity contribution in [2.45, 2.75) is 107 Å². The van der Waals surface area contributed by atoms with Gasteiger partial charge in [0.2, 0.25) is 0 Å². The number of piperazine rings is 1. The standard InChI is InChI=1S/C20H33N3.C13H19N.C2H6/c1-5-7-11-22-16(3)20(19(6-2)18-9-8-10-18)17(4)23-14-12-21-13-15-23;1-4-6-7-9-13(11-14)10-12(3)8-5-2;1-2/h6-7,11,18,21H,5,8-10,12-15H2,1-4H3;6-7,9-10H,4-5,8H2,1-3H3;1-2H3/b11-7+,19-6-,20-17-,22-16+;7-6+,12-10+,13-9+;. The fourth-order valence-corrected chi connectivity index (χ4v) is 4.63. The molecule has 2 rings (SSSR count). The molecule has 0 atom stereocenters. The van der Waals surface area contributed by atoms with Gasteiger partial charge in [-0.05, 0) is 83.4 Å². The van der Waals surface area contributed by atoms with E-state index in [1.54, 1.807) is 0 Å². The second-order valence-corrected chi connectivity index (χ2v) is 9.89. The third-order valence-electron chi connectivity index (χ3n) is 6.89. The number of hydrogen-bond donors (Lipinski definition) is 1. The summed E-state index contributed by atoms with van der Waals surface area (Å²) >= 11 is 0.